The summed E-state index contributed by atoms with van der Waals surface area (Å²) >= 11 is 0. The van der Waals surface area contributed by atoms with E-state index in [1.54, 1.807) is 7.11 Å². The van der Waals surface area contributed by atoms with Gasteiger partial charge < -0.3 is 9.84 Å². The third-order valence-corrected chi connectivity index (χ3v) is 3.32. The minimum Gasteiger partial charge on any atom is -0.394 e. The molecule has 3 nitrogen and oxygen atoms in total. The van der Waals surface area contributed by atoms with Crippen molar-refractivity contribution in [2.24, 2.45) is 0 Å². The van der Waals surface area contributed by atoms with Gasteiger partial charge in [-0.2, -0.15) is 0 Å². The number of hydrogen-bond acceptors (Lipinski definition) is 3. The molecule has 74 valence electrons. The molecule has 1 N–H and O–H groups in total. The van der Waals surface area contributed by atoms with Crippen LogP contribution in [0.25, 0.3) is 0 Å². The first-order chi connectivity index (χ1) is 6.20. The monoisotopic (exact) mass is 183 g/mol. The molecule has 3 heteroatoms. The van der Waals surface area contributed by atoms with E-state index in [-0.39, 0.29) is 12.1 Å². The Bertz CT molecular complexity index is 229. The van der Waals surface area contributed by atoms with Crippen molar-refractivity contribution in [3.05, 3.63) is 12.2 Å². The first kappa shape index (κ1) is 9.19. The molecule has 2 aliphatic rings. The van der Waals surface area contributed by atoms with Gasteiger partial charge in [0.2, 0.25) is 0 Å². The summed E-state index contributed by atoms with van der Waals surface area (Å²) in [6.45, 7) is 6.09. The molecule has 0 saturated carbocycles. The van der Waals surface area contributed by atoms with Crippen LogP contribution in [0.2, 0.25) is 0 Å². The highest BCUT2D eigenvalue weighted by atomic mass is 16.5. The molecule has 13 heavy (non-hydrogen) atoms. The van der Waals surface area contributed by atoms with Gasteiger partial charge in [-0.3, -0.25) is 4.90 Å². The second-order valence-corrected chi connectivity index (χ2v) is 4.25. The van der Waals surface area contributed by atoms with Gasteiger partial charge >= 0.3 is 0 Å². The fourth-order valence-electron chi connectivity index (χ4n) is 2.64. The highest BCUT2D eigenvalue weighted by Crippen LogP contribution is 2.41. The van der Waals surface area contributed by atoms with Crippen molar-refractivity contribution in [2.45, 2.75) is 24.5 Å². The molecular formula is C10H17NO2. The zero-order valence-corrected chi connectivity index (χ0v) is 8.12. The largest absolute Gasteiger partial charge is 0.394 e. The second kappa shape index (κ2) is 3.08. The van der Waals surface area contributed by atoms with Crippen LogP contribution in [-0.4, -0.2) is 48.5 Å². The normalized spacial score (nSPS) is 39.8. The highest BCUT2D eigenvalue weighted by Gasteiger charge is 2.49. The van der Waals surface area contributed by atoms with Crippen molar-refractivity contribution < 1.29 is 9.84 Å². The molecule has 0 aromatic rings. The molecule has 0 bridgehead atoms. The summed E-state index contributed by atoms with van der Waals surface area (Å²) in [5.74, 6) is 0. The van der Waals surface area contributed by atoms with Crippen LogP contribution >= 0.6 is 0 Å². The van der Waals surface area contributed by atoms with Gasteiger partial charge in [0.15, 0.2) is 0 Å². The lowest BCUT2D eigenvalue weighted by atomic mass is 9.93. The Balaban J connectivity index is 2.15. The quantitative estimate of drug-likeness (QED) is 0.629. The maximum Gasteiger partial charge on any atom is 0.0717 e. The van der Waals surface area contributed by atoms with E-state index in [9.17, 15) is 5.11 Å². The van der Waals surface area contributed by atoms with Gasteiger partial charge in [0.05, 0.1) is 18.2 Å². The van der Waals surface area contributed by atoms with Crippen molar-refractivity contribution >= 4 is 0 Å². The van der Waals surface area contributed by atoms with Crippen LogP contribution in [0.15, 0.2) is 12.2 Å². The molecule has 0 aromatic heterocycles. The van der Waals surface area contributed by atoms with Crippen LogP contribution in [0.5, 0.6) is 0 Å². The third-order valence-electron chi connectivity index (χ3n) is 3.32. The Labute approximate surface area is 79.0 Å². The smallest absolute Gasteiger partial charge is 0.0717 e. The zero-order chi connectivity index (χ0) is 9.47. The molecular weight excluding hydrogens is 166 g/mol. The Morgan fingerprint density at radius 3 is 3.08 bits per heavy atom. The summed E-state index contributed by atoms with van der Waals surface area (Å²) < 4.78 is 5.33. The summed E-state index contributed by atoms with van der Waals surface area (Å²) in [7, 11) is 1.74. The van der Waals surface area contributed by atoms with Crippen LogP contribution < -0.4 is 0 Å². The summed E-state index contributed by atoms with van der Waals surface area (Å²) in [5, 5.41) is 9.42. The molecule has 0 unspecified atom stereocenters. The van der Waals surface area contributed by atoms with Gasteiger partial charge in [0.25, 0.3) is 0 Å². The van der Waals surface area contributed by atoms with Crippen molar-refractivity contribution in [3.63, 3.8) is 0 Å². The lowest BCUT2D eigenvalue weighted by Gasteiger charge is -2.28. The summed E-state index contributed by atoms with van der Waals surface area (Å²) in [6, 6.07) is 0. The van der Waals surface area contributed by atoms with Crippen molar-refractivity contribution in [1.29, 1.82) is 0 Å². The van der Waals surface area contributed by atoms with E-state index in [1.807, 2.05) is 0 Å². The van der Waals surface area contributed by atoms with Crippen LogP contribution in [0.3, 0.4) is 0 Å². The Kier molecular flexibility index (Phi) is 2.18. The van der Waals surface area contributed by atoms with Crippen molar-refractivity contribution in [3.8, 4) is 0 Å². The number of ether oxygens (including phenoxy) is 1. The van der Waals surface area contributed by atoms with E-state index >= 15 is 0 Å². The van der Waals surface area contributed by atoms with Gasteiger partial charge in [-0.1, -0.05) is 12.2 Å². The second-order valence-electron chi connectivity index (χ2n) is 4.25. The van der Waals surface area contributed by atoms with Gasteiger partial charge in [0.1, 0.15) is 0 Å². The number of hydrogen-bond donors (Lipinski definition) is 1. The number of aliphatic hydroxyl groups excluding tert-OH is 1. The van der Waals surface area contributed by atoms with Crippen LogP contribution in [-0.2, 0) is 4.74 Å². The summed E-state index contributed by atoms with van der Waals surface area (Å²) in [4.78, 5) is 2.31. The van der Waals surface area contributed by atoms with E-state index in [1.165, 1.54) is 5.57 Å². The minimum absolute atomic E-state index is 0.0439. The van der Waals surface area contributed by atoms with Crippen molar-refractivity contribution in [1.82, 2.24) is 4.90 Å². The molecule has 2 fully saturated rings. The average molecular weight is 183 g/mol. The molecule has 0 aromatic carbocycles. The molecule has 0 radical (unpaired) electrons. The maximum absolute atomic E-state index is 9.42. The zero-order valence-electron chi connectivity index (χ0n) is 8.12. The Hall–Kier alpha value is -0.380. The lowest BCUT2D eigenvalue weighted by molar-refractivity contribution is 0.0951. The molecule has 2 saturated heterocycles. The first-order valence-electron chi connectivity index (χ1n) is 4.75. The van der Waals surface area contributed by atoms with Gasteiger partial charge in [-0.25, -0.2) is 0 Å². The van der Waals surface area contributed by atoms with E-state index in [0.717, 1.165) is 25.9 Å². The molecule has 0 spiro atoms. The number of methoxy groups -OCH3 is 1. The standard InChI is InChI=1S/C10H17NO2/c1-8-3-10(7-12)4-9(13-2)6-11(10)5-8/h9,12H,1,3-7H2,2H3/t9-,10+/m1/s1. The third kappa shape index (κ3) is 1.31. The number of nitrogens with zero attached hydrogens (tertiary/aromatic N) is 1. The van der Waals surface area contributed by atoms with Crippen LogP contribution in [0.4, 0.5) is 0 Å². The molecule has 2 rings (SSSR count). The molecule has 2 aliphatic heterocycles. The number of aliphatic hydroxyl groups is 1. The van der Waals surface area contributed by atoms with Gasteiger partial charge in [0, 0.05) is 20.2 Å². The topological polar surface area (TPSA) is 32.7 Å². The van der Waals surface area contributed by atoms with E-state index < -0.39 is 0 Å². The average Bonchev–Trinajstić information content (AvgIpc) is 2.57. The Morgan fingerprint density at radius 2 is 2.54 bits per heavy atom. The summed E-state index contributed by atoms with van der Waals surface area (Å²) in [5.41, 5.74) is 1.20. The summed E-state index contributed by atoms with van der Waals surface area (Å²) in [6.07, 6.45) is 2.17. The SMILES string of the molecule is C=C1CN2C[C@H](OC)C[C@]2(CO)C1. The number of fused-ring (bicyclic) bond motifs is 1. The lowest BCUT2D eigenvalue weighted by Crippen LogP contribution is -2.41. The predicted octanol–water partition coefficient (Wildman–Crippen LogP) is 0.398. The molecule has 2 atom stereocenters. The minimum atomic E-state index is -0.0439. The predicted molar refractivity (Wildman–Crippen MR) is 50.6 cm³/mol. The maximum atomic E-state index is 9.42. The van der Waals surface area contributed by atoms with Crippen LogP contribution in [0.1, 0.15) is 12.8 Å². The van der Waals surface area contributed by atoms with E-state index in [0.29, 0.717) is 6.10 Å². The molecule has 0 aliphatic carbocycles. The molecule has 0 amide bonds. The Morgan fingerprint density at radius 1 is 1.77 bits per heavy atom. The molecule has 2 heterocycles. The van der Waals surface area contributed by atoms with Gasteiger partial charge in [-0.15, -0.1) is 0 Å². The van der Waals surface area contributed by atoms with Crippen LogP contribution in [0, 0.1) is 0 Å². The first-order valence-corrected chi connectivity index (χ1v) is 4.75. The van der Waals surface area contributed by atoms with Gasteiger partial charge in [-0.05, 0) is 12.8 Å². The number of rotatable bonds is 2. The highest BCUT2D eigenvalue weighted by molar-refractivity contribution is 5.18. The van der Waals surface area contributed by atoms with E-state index in [2.05, 4.69) is 11.5 Å². The fourth-order valence-corrected chi connectivity index (χ4v) is 2.64. The fraction of sp³-hybridized carbons (Fsp3) is 0.800. The van der Waals surface area contributed by atoms with E-state index in [4.69, 9.17) is 4.74 Å². The van der Waals surface area contributed by atoms with Crippen molar-refractivity contribution in [2.75, 3.05) is 26.8 Å².